The molecule has 43 heavy (non-hydrogen) atoms. The zero-order valence-electron chi connectivity index (χ0n) is 28.7. The molecule has 3 aromatic carbocycles. The normalized spacial score (nSPS) is 13.0. The van der Waals surface area contributed by atoms with E-state index in [9.17, 15) is 0 Å². The van der Waals surface area contributed by atoms with Crippen molar-refractivity contribution in [3.8, 4) is 11.5 Å². The summed E-state index contributed by atoms with van der Waals surface area (Å²) < 4.78 is 13.9. The zero-order valence-corrected chi connectivity index (χ0v) is 28.7. The first-order valence-corrected chi connectivity index (χ1v) is 18.4. The van der Waals surface area contributed by atoms with E-state index in [1.165, 1.54) is 136 Å². The van der Waals surface area contributed by atoms with E-state index >= 15 is 0 Å². The van der Waals surface area contributed by atoms with Gasteiger partial charge in [0.15, 0.2) is 0 Å². The first-order valence-electron chi connectivity index (χ1n) is 18.4. The second-order valence-electron chi connectivity index (χ2n) is 13.2. The van der Waals surface area contributed by atoms with Crippen LogP contribution in [0.15, 0.2) is 42.5 Å². The van der Waals surface area contributed by atoms with Gasteiger partial charge >= 0.3 is 0 Å². The van der Waals surface area contributed by atoms with Crippen molar-refractivity contribution >= 4 is 21.5 Å². The van der Waals surface area contributed by atoms with Gasteiger partial charge in [-0.05, 0) is 62.0 Å². The Morgan fingerprint density at radius 3 is 1.42 bits per heavy atom. The van der Waals surface area contributed by atoms with E-state index in [2.05, 4.69) is 77.1 Å². The van der Waals surface area contributed by atoms with Gasteiger partial charge in [0.05, 0.1) is 13.2 Å². The summed E-state index contributed by atoms with van der Waals surface area (Å²) in [4.78, 5) is 0. The van der Waals surface area contributed by atoms with Gasteiger partial charge in [-0.25, -0.2) is 0 Å². The van der Waals surface area contributed by atoms with Gasteiger partial charge in [-0.1, -0.05) is 148 Å². The Hall–Kier alpha value is -2.22. The van der Waals surface area contributed by atoms with Crippen molar-refractivity contribution in [2.24, 2.45) is 11.8 Å². The molecule has 2 atom stereocenters. The van der Waals surface area contributed by atoms with E-state index in [0.29, 0.717) is 11.8 Å². The molecule has 0 aliphatic heterocycles. The van der Waals surface area contributed by atoms with Crippen molar-refractivity contribution < 1.29 is 9.47 Å². The fraction of sp³-hybridized carbons (Fsp3) is 0.659. The molecule has 2 nitrogen and oxygen atoms in total. The Balaban J connectivity index is 2.01. The Morgan fingerprint density at radius 2 is 0.907 bits per heavy atom. The van der Waals surface area contributed by atoms with Crippen LogP contribution in [0.5, 0.6) is 11.5 Å². The SMILES string of the molecule is CCCCCc1ccc2c(OCC(CCCC)CCCCC)c3ccccc3c(OCC(CCCC)CCCCC)c2c1. The Kier molecular flexibility index (Phi) is 17.0. The molecule has 0 saturated carbocycles. The largest absolute Gasteiger partial charge is 0.492 e. The molecular formula is C41H64O2. The quantitative estimate of drug-likeness (QED) is 0.0765. The molecule has 0 bridgehead atoms. The lowest BCUT2D eigenvalue weighted by atomic mass is 9.95. The number of fused-ring (bicyclic) bond motifs is 2. The minimum Gasteiger partial charge on any atom is -0.492 e. The van der Waals surface area contributed by atoms with Crippen LogP contribution >= 0.6 is 0 Å². The lowest BCUT2D eigenvalue weighted by molar-refractivity contribution is 0.226. The first kappa shape index (κ1) is 35.3. The molecule has 0 spiro atoms. The maximum Gasteiger partial charge on any atom is 0.135 e. The average Bonchev–Trinajstić information content (AvgIpc) is 3.03. The van der Waals surface area contributed by atoms with Crippen LogP contribution in [0.4, 0.5) is 0 Å². The van der Waals surface area contributed by atoms with Gasteiger partial charge in [0.1, 0.15) is 11.5 Å². The summed E-state index contributed by atoms with van der Waals surface area (Å²) in [6, 6.07) is 15.9. The highest BCUT2D eigenvalue weighted by Crippen LogP contribution is 2.44. The van der Waals surface area contributed by atoms with Crippen LogP contribution in [-0.2, 0) is 6.42 Å². The van der Waals surface area contributed by atoms with Crippen molar-refractivity contribution in [2.75, 3.05) is 13.2 Å². The number of ether oxygens (including phenoxy) is 2. The van der Waals surface area contributed by atoms with Crippen molar-refractivity contribution in [1.29, 1.82) is 0 Å². The zero-order chi connectivity index (χ0) is 30.7. The van der Waals surface area contributed by atoms with Gasteiger partial charge in [-0.2, -0.15) is 0 Å². The number of hydrogen-bond donors (Lipinski definition) is 0. The number of rotatable bonds is 24. The Bertz CT molecular complexity index is 1170. The molecule has 0 aliphatic carbocycles. The summed E-state index contributed by atoms with van der Waals surface area (Å²) in [6.07, 6.45) is 22.8. The molecule has 0 heterocycles. The highest BCUT2D eigenvalue weighted by molar-refractivity contribution is 6.11. The number of benzene rings is 3. The number of aryl methyl sites for hydroxylation is 1. The predicted molar refractivity (Wildman–Crippen MR) is 190 cm³/mol. The van der Waals surface area contributed by atoms with Gasteiger partial charge in [0.25, 0.3) is 0 Å². The third kappa shape index (κ3) is 11.3. The maximum atomic E-state index is 6.95. The first-order chi connectivity index (χ1) is 21.2. The van der Waals surface area contributed by atoms with E-state index in [4.69, 9.17) is 9.47 Å². The maximum absolute atomic E-state index is 6.95. The van der Waals surface area contributed by atoms with Gasteiger partial charge in [0.2, 0.25) is 0 Å². The molecule has 0 radical (unpaired) electrons. The lowest BCUT2D eigenvalue weighted by Gasteiger charge is -2.23. The summed E-state index contributed by atoms with van der Waals surface area (Å²) in [5.74, 6) is 3.36. The molecule has 0 N–H and O–H groups in total. The summed E-state index contributed by atoms with van der Waals surface area (Å²) in [6.45, 7) is 13.1. The van der Waals surface area contributed by atoms with Gasteiger partial charge in [0, 0.05) is 21.5 Å². The molecule has 240 valence electrons. The Labute approximate surface area is 265 Å². The highest BCUT2D eigenvalue weighted by atomic mass is 16.5. The second-order valence-corrected chi connectivity index (χ2v) is 13.2. The van der Waals surface area contributed by atoms with Crippen molar-refractivity contribution in [3.63, 3.8) is 0 Å². The van der Waals surface area contributed by atoms with Crippen LogP contribution in [0.25, 0.3) is 21.5 Å². The molecule has 3 rings (SSSR count). The van der Waals surface area contributed by atoms with Crippen molar-refractivity contribution in [1.82, 2.24) is 0 Å². The minimum absolute atomic E-state index is 0.617. The molecular weight excluding hydrogens is 524 g/mol. The fourth-order valence-electron chi connectivity index (χ4n) is 6.57. The monoisotopic (exact) mass is 588 g/mol. The van der Waals surface area contributed by atoms with Crippen LogP contribution in [0, 0.1) is 11.8 Å². The van der Waals surface area contributed by atoms with E-state index in [0.717, 1.165) is 31.1 Å². The number of unbranched alkanes of at least 4 members (excludes halogenated alkanes) is 8. The van der Waals surface area contributed by atoms with Gasteiger partial charge in [-0.15, -0.1) is 0 Å². The standard InChI is InChI=1S/C41H64O2/c1-6-11-16-23-33-28-29-38-39(30-33)41(43-32-35(22-15-10-5)25-18-13-8-3)37-27-20-19-26-36(37)40(38)42-31-34(21-14-9-4)24-17-12-7-2/h19-20,26-30,34-35H,6-18,21-25,31-32H2,1-5H3. The Morgan fingerprint density at radius 1 is 0.465 bits per heavy atom. The summed E-state index contributed by atoms with van der Waals surface area (Å²) in [7, 11) is 0. The number of hydrogen-bond acceptors (Lipinski definition) is 2. The topological polar surface area (TPSA) is 18.5 Å². The fourth-order valence-corrected chi connectivity index (χ4v) is 6.57. The minimum atomic E-state index is 0.617. The van der Waals surface area contributed by atoms with Crippen LogP contribution in [0.2, 0.25) is 0 Å². The van der Waals surface area contributed by atoms with Crippen molar-refractivity contribution in [2.45, 2.75) is 150 Å². The summed E-state index contributed by atoms with van der Waals surface area (Å²) >= 11 is 0. The smallest absolute Gasteiger partial charge is 0.135 e. The summed E-state index contributed by atoms with van der Waals surface area (Å²) in [5.41, 5.74) is 1.41. The molecule has 2 heteroatoms. The van der Waals surface area contributed by atoms with Gasteiger partial charge in [-0.3, -0.25) is 0 Å². The van der Waals surface area contributed by atoms with Crippen LogP contribution < -0.4 is 9.47 Å². The molecule has 0 aromatic heterocycles. The van der Waals surface area contributed by atoms with E-state index in [1.807, 2.05) is 0 Å². The molecule has 0 fully saturated rings. The third-order valence-electron chi connectivity index (χ3n) is 9.35. The van der Waals surface area contributed by atoms with E-state index < -0.39 is 0 Å². The molecule has 0 amide bonds. The summed E-state index contributed by atoms with van der Waals surface area (Å²) in [5, 5.41) is 4.85. The van der Waals surface area contributed by atoms with E-state index in [1.54, 1.807) is 0 Å². The second kappa shape index (κ2) is 20.7. The third-order valence-corrected chi connectivity index (χ3v) is 9.35. The van der Waals surface area contributed by atoms with E-state index in [-0.39, 0.29) is 0 Å². The molecule has 0 saturated heterocycles. The predicted octanol–water partition coefficient (Wildman–Crippen LogP) is 13.3. The highest BCUT2D eigenvalue weighted by Gasteiger charge is 2.20. The molecule has 2 unspecified atom stereocenters. The van der Waals surface area contributed by atoms with Gasteiger partial charge < -0.3 is 9.47 Å². The average molecular weight is 589 g/mol. The van der Waals surface area contributed by atoms with Crippen molar-refractivity contribution in [3.05, 3.63) is 48.0 Å². The van der Waals surface area contributed by atoms with Crippen LogP contribution in [-0.4, -0.2) is 13.2 Å². The van der Waals surface area contributed by atoms with Crippen LogP contribution in [0.1, 0.15) is 149 Å². The molecule has 3 aromatic rings. The molecule has 0 aliphatic rings. The lowest BCUT2D eigenvalue weighted by Crippen LogP contribution is -2.14. The van der Waals surface area contributed by atoms with Crippen LogP contribution in [0.3, 0.4) is 0 Å².